The molecule has 21 heavy (non-hydrogen) atoms. The van der Waals surface area contributed by atoms with Crippen molar-refractivity contribution in [2.75, 3.05) is 11.5 Å². The second kappa shape index (κ2) is 4.80. The Morgan fingerprint density at radius 3 is 2.67 bits per heavy atom. The van der Waals surface area contributed by atoms with Crippen LogP contribution in [0.1, 0.15) is 32.6 Å². The van der Waals surface area contributed by atoms with Crippen molar-refractivity contribution < 1.29 is 21.9 Å². The summed E-state index contributed by atoms with van der Waals surface area (Å²) < 4.78 is 49.1. The number of unbranched alkanes of at least 4 members (excludes halogenated alkanes) is 2. The van der Waals surface area contributed by atoms with Crippen LogP contribution < -0.4 is 0 Å². The summed E-state index contributed by atoms with van der Waals surface area (Å²) in [6.07, 6.45) is 5.10. The molecule has 0 aromatic carbocycles. The molecule has 2 aliphatic carbocycles. The highest BCUT2D eigenvalue weighted by Crippen LogP contribution is 2.59. The highest BCUT2D eigenvalue weighted by Gasteiger charge is 2.74. The van der Waals surface area contributed by atoms with Crippen molar-refractivity contribution in [2.24, 2.45) is 11.8 Å². The molecule has 0 aromatic rings. The molecule has 120 valence electrons. The van der Waals surface area contributed by atoms with E-state index in [9.17, 15) is 21.9 Å². The van der Waals surface area contributed by atoms with Crippen LogP contribution in [-0.2, 0) is 19.7 Å². The summed E-state index contributed by atoms with van der Waals surface area (Å²) in [5, 5.41) is 9.46. The normalized spacial score (nSPS) is 43.3. The van der Waals surface area contributed by atoms with E-state index in [1.807, 2.05) is 19.1 Å². The van der Waals surface area contributed by atoms with Crippen molar-refractivity contribution in [3.63, 3.8) is 0 Å². The Kier molecular flexibility index (Phi) is 3.54. The number of hydrogen-bond acceptors (Lipinski definition) is 5. The second-order valence-corrected chi connectivity index (χ2v) is 11.0. The van der Waals surface area contributed by atoms with E-state index in [0.29, 0.717) is 12.8 Å². The smallest absolute Gasteiger partial charge is 0.160 e. The molecule has 0 aromatic heterocycles. The first-order valence-corrected chi connectivity index (χ1v) is 10.9. The second-order valence-electron chi connectivity index (χ2n) is 6.54. The molecular weight excluding hydrogens is 312 g/mol. The number of aliphatic hydroxyl groups excluding tert-OH is 1. The molecular formula is C14H22O5S2. The molecule has 2 fully saturated rings. The van der Waals surface area contributed by atoms with Gasteiger partial charge < -0.3 is 5.11 Å². The maximum absolute atomic E-state index is 12.9. The van der Waals surface area contributed by atoms with Crippen molar-refractivity contribution >= 4 is 19.7 Å². The third kappa shape index (κ3) is 1.90. The van der Waals surface area contributed by atoms with Crippen molar-refractivity contribution in [3.05, 3.63) is 12.2 Å². The van der Waals surface area contributed by atoms with Crippen LogP contribution in [0.15, 0.2) is 12.2 Å². The van der Waals surface area contributed by atoms with Crippen LogP contribution in [0.4, 0.5) is 0 Å². The predicted octanol–water partition coefficient (Wildman–Crippen LogP) is 0.694. The van der Waals surface area contributed by atoms with Gasteiger partial charge >= 0.3 is 0 Å². The largest absolute Gasteiger partial charge is 0.390 e. The van der Waals surface area contributed by atoms with E-state index in [4.69, 9.17) is 0 Å². The highest BCUT2D eigenvalue weighted by atomic mass is 32.2. The van der Waals surface area contributed by atoms with Gasteiger partial charge in [-0.2, -0.15) is 0 Å². The van der Waals surface area contributed by atoms with Gasteiger partial charge in [0.25, 0.3) is 0 Å². The fraction of sp³-hybridized carbons (Fsp3) is 0.857. The summed E-state index contributed by atoms with van der Waals surface area (Å²) >= 11 is 0. The Morgan fingerprint density at radius 1 is 1.29 bits per heavy atom. The Hall–Kier alpha value is -0.400. The summed E-state index contributed by atoms with van der Waals surface area (Å²) in [4.78, 5) is 0. The lowest BCUT2D eigenvalue weighted by molar-refractivity contribution is 0.142. The molecule has 0 unspecified atom stereocenters. The quantitative estimate of drug-likeness (QED) is 0.590. The van der Waals surface area contributed by atoms with Gasteiger partial charge in [-0.05, 0) is 18.8 Å². The molecule has 1 aliphatic heterocycles. The van der Waals surface area contributed by atoms with E-state index in [-0.39, 0.29) is 17.6 Å². The van der Waals surface area contributed by atoms with Crippen molar-refractivity contribution in [1.82, 2.24) is 0 Å². The molecule has 5 atom stereocenters. The molecule has 0 spiro atoms. The zero-order valence-electron chi connectivity index (χ0n) is 12.1. The van der Waals surface area contributed by atoms with E-state index in [1.165, 1.54) is 0 Å². The highest BCUT2D eigenvalue weighted by molar-refractivity contribution is 7.97. The predicted molar refractivity (Wildman–Crippen MR) is 80.4 cm³/mol. The Labute approximate surface area is 126 Å². The molecule has 0 amide bonds. The van der Waals surface area contributed by atoms with E-state index in [1.54, 1.807) is 0 Å². The zero-order valence-corrected chi connectivity index (χ0v) is 13.7. The van der Waals surface area contributed by atoms with Crippen LogP contribution >= 0.6 is 0 Å². The third-order valence-corrected chi connectivity index (χ3v) is 10.6. The first-order valence-electron chi connectivity index (χ1n) is 7.57. The van der Waals surface area contributed by atoms with Gasteiger partial charge in [-0.15, -0.1) is 0 Å². The first kappa shape index (κ1) is 15.5. The molecule has 2 bridgehead atoms. The average Bonchev–Trinajstić information content (AvgIpc) is 3.01. The third-order valence-electron chi connectivity index (χ3n) is 5.38. The van der Waals surface area contributed by atoms with Crippen LogP contribution in [0.5, 0.6) is 0 Å². The summed E-state index contributed by atoms with van der Waals surface area (Å²) in [7, 11) is -7.22. The summed E-state index contributed by atoms with van der Waals surface area (Å²) in [5.74, 6) is -1.05. The van der Waals surface area contributed by atoms with Crippen molar-refractivity contribution in [1.29, 1.82) is 0 Å². The summed E-state index contributed by atoms with van der Waals surface area (Å²) in [5.41, 5.74) is 0. The van der Waals surface area contributed by atoms with E-state index >= 15 is 0 Å². The standard InChI is InChI=1S/C14H22O5S2/c1-2-3-4-7-21(18,19)14-11-6-5-10(8-11)13(14)20(16,17)9-12(14)15/h5-6,10-13,15H,2-4,7-9H2,1H3/t10-,11+,12+,13-,14+/m1/s1. The van der Waals surface area contributed by atoms with E-state index < -0.39 is 41.5 Å². The summed E-state index contributed by atoms with van der Waals surface area (Å²) in [6.45, 7) is 1.99. The minimum atomic E-state index is -3.66. The molecule has 1 saturated carbocycles. The Balaban J connectivity index is 2.07. The number of fused-ring (bicyclic) bond motifs is 5. The number of aliphatic hydroxyl groups is 1. The van der Waals surface area contributed by atoms with E-state index in [2.05, 4.69) is 0 Å². The number of sulfone groups is 2. The Morgan fingerprint density at radius 2 is 2.00 bits per heavy atom. The first-order chi connectivity index (χ1) is 9.77. The minimum Gasteiger partial charge on any atom is -0.390 e. The average molecular weight is 334 g/mol. The van der Waals surface area contributed by atoms with Gasteiger partial charge in [0, 0.05) is 5.92 Å². The lowest BCUT2D eigenvalue weighted by Crippen LogP contribution is -2.57. The summed E-state index contributed by atoms with van der Waals surface area (Å²) in [6, 6.07) is 0. The molecule has 5 nitrogen and oxygen atoms in total. The van der Waals surface area contributed by atoms with Gasteiger partial charge in [-0.25, -0.2) is 16.8 Å². The maximum Gasteiger partial charge on any atom is 0.160 e. The van der Waals surface area contributed by atoms with E-state index in [0.717, 1.165) is 12.8 Å². The molecule has 1 heterocycles. The van der Waals surface area contributed by atoms with Crippen LogP contribution in [0.25, 0.3) is 0 Å². The number of allylic oxidation sites excluding steroid dienone is 2. The fourth-order valence-electron chi connectivity index (χ4n) is 4.60. The van der Waals surface area contributed by atoms with Crippen LogP contribution in [-0.4, -0.2) is 49.5 Å². The van der Waals surface area contributed by atoms with Gasteiger partial charge in [0.1, 0.15) is 4.75 Å². The molecule has 3 rings (SSSR count). The SMILES string of the molecule is CCCCCS(=O)(=O)[C@@]12[C@@H]([C@@H]3C=C[C@H]1C3)S(=O)(=O)C[C@@H]2O. The van der Waals surface area contributed by atoms with Gasteiger partial charge in [0.15, 0.2) is 19.7 Å². The molecule has 0 radical (unpaired) electrons. The van der Waals surface area contributed by atoms with Crippen molar-refractivity contribution in [3.8, 4) is 0 Å². The number of rotatable bonds is 5. The fourth-order valence-corrected chi connectivity index (χ4v) is 10.7. The Bertz CT molecular complexity index is 663. The zero-order chi connectivity index (χ0) is 15.5. The molecule has 1 N–H and O–H groups in total. The minimum absolute atomic E-state index is 0.0268. The maximum atomic E-state index is 12.9. The van der Waals surface area contributed by atoms with Gasteiger partial charge in [0.2, 0.25) is 0 Å². The monoisotopic (exact) mass is 334 g/mol. The van der Waals surface area contributed by atoms with Crippen molar-refractivity contribution in [2.45, 2.75) is 48.7 Å². The molecule has 1 saturated heterocycles. The molecule has 3 aliphatic rings. The van der Waals surface area contributed by atoms with Crippen LogP contribution in [0.3, 0.4) is 0 Å². The van der Waals surface area contributed by atoms with Crippen LogP contribution in [0.2, 0.25) is 0 Å². The molecule has 7 heteroatoms. The van der Waals surface area contributed by atoms with Gasteiger partial charge in [-0.3, -0.25) is 0 Å². The van der Waals surface area contributed by atoms with Crippen LogP contribution in [0, 0.1) is 11.8 Å². The topological polar surface area (TPSA) is 88.5 Å². The van der Waals surface area contributed by atoms with Gasteiger partial charge in [-0.1, -0.05) is 31.9 Å². The van der Waals surface area contributed by atoms with Gasteiger partial charge in [0.05, 0.1) is 22.9 Å². The lowest BCUT2D eigenvalue weighted by atomic mass is 9.88. The lowest BCUT2D eigenvalue weighted by Gasteiger charge is -2.37. The number of hydrogen-bond donors (Lipinski definition) is 1.